The summed E-state index contributed by atoms with van der Waals surface area (Å²) in [7, 11) is 0. The second-order valence-electron chi connectivity index (χ2n) is 29.8. The van der Waals surface area contributed by atoms with Crippen LogP contribution in [0.3, 0.4) is 0 Å². The van der Waals surface area contributed by atoms with E-state index in [1.54, 1.807) is 0 Å². The summed E-state index contributed by atoms with van der Waals surface area (Å²) in [5.74, 6) is 0. The first-order valence-corrected chi connectivity index (χ1v) is 29.5. The lowest BCUT2D eigenvalue weighted by Gasteiger charge is -2.46. The van der Waals surface area contributed by atoms with Crippen LogP contribution >= 0.6 is 0 Å². The van der Waals surface area contributed by atoms with Gasteiger partial charge in [0.1, 0.15) is 0 Å². The van der Waals surface area contributed by atoms with Crippen molar-refractivity contribution in [1.29, 1.82) is 0 Å². The van der Waals surface area contributed by atoms with Gasteiger partial charge < -0.3 is 14.7 Å². The third-order valence-electron chi connectivity index (χ3n) is 19.8. The minimum Gasteiger partial charge on any atom is -0.311 e. The van der Waals surface area contributed by atoms with Crippen molar-refractivity contribution in [3.05, 3.63) is 202 Å². The van der Waals surface area contributed by atoms with Crippen molar-refractivity contribution in [1.82, 2.24) is 0 Å². The molecule has 0 radical (unpaired) electrons. The maximum Gasteiger partial charge on any atom is 0.252 e. The van der Waals surface area contributed by atoms with E-state index in [1.165, 1.54) is 125 Å². The molecule has 0 saturated carbocycles. The van der Waals surface area contributed by atoms with Crippen molar-refractivity contribution in [3.63, 3.8) is 0 Å². The van der Waals surface area contributed by atoms with Crippen molar-refractivity contribution in [2.75, 3.05) is 14.7 Å². The van der Waals surface area contributed by atoms with Gasteiger partial charge in [-0.25, -0.2) is 0 Å². The number of hydrogen-bond donors (Lipinski definition) is 0. The molecule has 2 aliphatic heterocycles. The highest BCUT2D eigenvalue weighted by molar-refractivity contribution is 7.00. The van der Waals surface area contributed by atoms with Crippen LogP contribution in [-0.2, 0) is 37.9 Å². The van der Waals surface area contributed by atoms with Crippen molar-refractivity contribution < 1.29 is 0 Å². The van der Waals surface area contributed by atoms with Crippen LogP contribution in [0.25, 0.3) is 11.1 Å². The van der Waals surface area contributed by atoms with Crippen LogP contribution in [0.2, 0.25) is 0 Å². The first kappa shape index (κ1) is 51.6. The average molecular weight is 1040 g/mol. The lowest BCUT2D eigenvalue weighted by molar-refractivity contribution is 0.332. The van der Waals surface area contributed by atoms with Crippen LogP contribution < -0.4 is 31.1 Å². The van der Waals surface area contributed by atoms with Crippen LogP contribution in [0.1, 0.15) is 180 Å². The Labute approximate surface area is 474 Å². The number of fused-ring (bicyclic) bond motifs is 9. The second kappa shape index (κ2) is 16.9. The van der Waals surface area contributed by atoms with Gasteiger partial charge in [0.05, 0.1) is 5.69 Å². The highest BCUT2D eigenvalue weighted by Crippen LogP contribution is 2.58. The van der Waals surface area contributed by atoms with Gasteiger partial charge in [-0.2, -0.15) is 0 Å². The highest BCUT2D eigenvalue weighted by Gasteiger charge is 2.50. The Morgan fingerprint density at radius 1 is 0.418 bits per heavy atom. The molecule has 0 fully saturated rings. The van der Waals surface area contributed by atoms with Crippen molar-refractivity contribution in [3.8, 4) is 11.1 Å². The molecule has 0 amide bonds. The maximum atomic E-state index is 2.71. The van der Waals surface area contributed by atoms with Gasteiger partial charge in [-0.3, -0.25) is 0 Å². The SMILES string of the molecule is Cc1cc2c3c(c1)N(c1cccc4c1C(C)(C)c1ccccc1-4)c1cc(N(c4ccc(C(C)(C)C)cc4)c4ccc(C(C)(C)C)cc4)ccc1B3c1cc3c(cc1N2c1ccc2c(c1)C(C)(C)CCC2(C)C)C(C)(C)CC3(C)C. The third kappa shape index (κ3) is 7.80. The standard InChI is InChI=1S/C75H82BN3/c1-46-39-65-68-66(40-46)79(62-24-20-22-54-53-21-18-19-23-55(53)75(16,17)67(54)62)63-42-52(77(49-29-25-47(26-30-49)69(2,3)4)50-31-27-48(28-32-50)70(5,6)7)34-36-60(63)76(68)61-43-58-59(74(14,15)45-73(58,12)13)44-64(61)78(65)51-33-35-56-57(41-51)72(10,11)38-37-71(56,8)9/h18-36,39-44H,37-38,45H2,1-17H3. The fourth-order valence-electron chi connectivity index (χ4n) is 15.6. The molecule has 0 saturated heterocycles. The molecule has 79 heavy (non-hydrogen) atoms. The highest BCUT2D eigenvalue weighted by atomic mass is 15.2. The van der Waals surface area contributed by atoms with E-state index in [0.717, 1.165) is 23.5 Å². The number of aryl methyl sites for hydroxylation is 1. The van der Waals surface area contributed by atoms with Crippen molar-refractivity contribution in [2.24, 2.45) is 0 Å². The summed E-state index contributed by atoms with van der Waals surface area (Å²) < 4.78 is 0. The molecule has 0 aromatic heterocycles. The average Bonchev–Trinajstić information content (AvgIpc) is 3.93. The Morgan fingerprint density at radius 3 is 1.57 bits per heavy atom. The van der Waals surface area contributed by atoms with Crippen molar-refractivity contribution >= 4 is 74.3 Å². The molecule has 8 aromatic carbocycles. The van der Waals surface area contributed by atoms with Crippen LogP contribution in [0.4, 0.5) is 51.2 Å². The van der Waals surface area contributed by atoms with Crippen LogP contribution in [0.15, 0.2) is 152 Å². The Bertz CT molecular complexity index is 3770. The van der Waals surface area contributed by atoms with Gasteiger partial charge in [0.15, 0.2) is 0 Å². The summed E-state index contributed by atoms with van der Waals surface area (Å²) in [6.07, 6.45) is 3.47. The number of benzene rings is 8. The van der Waals surface area contributed by atoms with Crippen LogP contribution in [0.5, 0.6) is 0 Å². The fourth-order valence-corrected chi connectivity index (χ4v) is 15.6. The molecule has 8 aromatic rings. The van der Waals surface area contributed by atoms with Gasteiger partial charge in [-0.15, -0.1) is 0 Å². The minimum absolute atomic E-state index is 0.0145. The lowest BCUT2D eigenvalue weighted by Crippen LogP contribution is -2.61. The summed E-state index contributed by atoms with van der Waals surface area (Å²) >= 11 is 0. The first-order chi connectivity index (χ1) is 37.1. The summed E-state index contributed by atoms with van der Waals surface area (Å²) in [5.41, 5.74) is 30.4. The molecule has 0 bridgehead atoms. The van der Waals surface area contributed by atoms with Crippen LogP contribution in [-0.4, -0.2) is 6.71 Å². The first-order valence-electron chi connectivity index (χ1n) is 29.5. The fraction of sp³-hybridized carbons (Fsp3) is 0.360. The van der Waals surface area contributed by atoms with Gasteiger partial charge >= 0.3 is 0 Å². The lowest BCUT2D eigenvalue weighted by atomic mass is 9.33. The van der Waals surface area contributed by atoms with Gasteiger partial charge in [0, 0.05) is 50.9 Å². The molecule has 400 valence electrons. The smallest absolute Gasteiger partial charge is 0.252 e. The normalized spacial score (nSPS) is 18.2. The molecular weight excluding hydrogens is 954 g/mol. The van der Waals surface area contributed by atoms with Gasteiger partial charge in [0.2, 0.25) is 0 Å². The topological polar surface area (TPSA) is 9.72 Å². The minimum atomic E-state index is -0.252. The Hall–Kier alpha value is -6.78. The number of hydrogen-bond acceptors (Lipinski definition) is 3. The maximum absolute atomic E-state index is 2.71. The summed E-state index contributed by atoms with van der Waals surface area (Å²) in [6, 6.07) is 60.3. The molecular formula is C75H82BN3. The van der Waals surface area contributed by atoms with E-state index in [2.05, 4.69) is 284 Å². The Kier molecular flexibility index (Phi) is 11.0. The van der Waals surface area contributed by atoms with E-state index in [4.69, 9.17) is 0 Å². The van der Waals surface area contributed by atoms with E-state index in [-0.39, 0.29) is 44.6 Å². The number of anilines is 9. The molecule has 0 atom stereocenters. The quantitative estimate of drug-likeness (QED) is 0.159. The van der Waals surface area contributed by atoms with Crippen LogP contribution in [0, 0.1) is 6.92 Å². The molecule has 0 unspecified atom stereocenters. The molecule has 0 N–H and O–H groups in total. The summed E-state index contributed by atoms with van der Waals surface area (Å²) in [6.45, 7) is 40.8. The van der Waals surface area contributed by atoms with Gasteiger partial charge in [0.25, 0.3) is 6.71 Å². The zero-order chi connectivity index (χ0) is 55.9. The number of nitrogens with zero attached hydrogens (tertiary/aromatic N) is 3. The number of rotatable bonds is 5. The van der Waals surface area contributed by atoms with E-state index in [0.29, 0.717) is 0 Å². The second-order valence-corrected chi connectivity index (χ2v) is 29.8. The van der Waals surface area contributed by atoms with E-state index in [9.17, 15) is 0 Å². The molecule has 13 rings (SSSR count). The zero-order valence-electron chi connectivity index (χ0n) is 50.5. The van der Waals surface area contributed by atoms with E-state index >= 15 is 0 Å². The zero-order valence-corrected chi connectivity index (χ0v) is 50.5. The molecule has 0 spiro atoms. The van der Waals surface area contributed by atoms with E-state index < -0.39 is 0 Å². The predicted octanol–water partition coefficient (Wildman–Crippen LogP) is 18.8. The molecule has 5 aliphatic rings. The predicted molar refractivity (Wildman–Crippen MR) is 341 cm³/mol. The molecule has 3 nitrogen and oxygen atoms in total. The van der Waals surface area contributed by atoms with Gasteiger partial charge in [-0.05, 0) is 209 Å². The van der Waals surface area contributed by atoms with Crippen molar-refractivity contribution in [2.45, 2.75) is 175 Å². The summed E-state index contributed by atoms with van der Waals surface area (Å²) in [5, 5.41) is 0. The molecule has 3 aliphatic carbocycles. The third-order valence-corrected chi connectivity index (χ3v) is 19.8. The molecule has 2 heterocycles. The molecule has 4 heteroatoms. The van der Waals surface area contributed by atoms with E-state index in [1.807, 2.05) is 0 Å². The Balaban J connectivity index is 1.12. The largest absolute Gasteiger partial charge is 0.311 e. The summed E-state index contributed by atoms with van der Waals surface area (Å²) in [4.78, 5) is 7.91. The van der Waals surface area contributed by atoms with Gasteiger partial charge in [-0.1, -0.05) is 190 Å². The monoisotopic (exact) mass is 1040 g/mol. The Morgan fingerprint density at radius 2 is 0.949 bits per heavy atom.